The lowest BCUT2D eigenvalue weighted by molar-refractivity contribution is -0.00946. The highest BCUT2D eigenvalue weighted by Crippen LogP contribution is 2.45. The number of amides is 1. The summed E-state index contributed by atoms with van der Waals surface area (Å²) in [5.74, 6) is 0.777. The van der Waals surface area contributed by atoms with E-state index in [1.54, 1.807) is 24.3 Å². The summed E-state index contributed by atoms with van der Waals surface area (Å²) in [6.45, 7) is 3.92. The summed E-state index contributed by atoms with van der Waals surface area (Å²) in [6.07, 6.45) is 1.88. The number of sulfone groups is 1. The van der Waals surface area contributed by atoms with Crippen molar-refractivity contribution in [1.29, 1.82) is 0 Å². The molecular weight excluding hydrogens is 464 g/mol. The molecular formula is C27H28N2O5S. The normalized spacial score (nSPS) is 20.8. The van der Waals surface area contributed by atoms with Crippen molar-refractivity contribution in [3.63, 3.8) is 0 Å². The number of rotatable bonds is 3. The molecule has 3 aliphatic rings. The largest absolute Gasteiger partial charge is 0.479 e. The third-order valence-corrected chi connectivity index (χ3v) is 9.75. The number of para-hydroxylation sites is 2. The van der Waals surface area contributed by atoms with Gasteiger partial charge in [0, 0.05) is 43.8 Å². The van der Waals surface area contributed by atoms with Gasteiger partial charge in [0.1, 0.15) is 5.75 Å². The molecule has 0 unspecified atom stereocenters. The van der Waals surface area contributed by atoms with Crippen LogP contribution in [-0.2, 0) is 20.2 Å². The van der Waals surface area contributed by atoms with Crippen molar-refractivity contribution >= 4 is 15.7 Å². The Hall–Kier alpha value is -3.10. The number of fused-ring (bicyclic) bond motifs is 4. The van der Waals surface area contributed by atoms with E-state index >= 15 is 0 Å². The lowest BCUT2D eigenvalue weighted by Gasteiger charge is -2.45. The smallest absolute Gasteiger partial charge is 0.253 e. The van der Waals surface area contributed by atoms with Crippen LogP contribution in [0.5, 0.6) is 5.75 Å². The molecule has 0 N–H and O–H groups in total. The molecule has 0 radical (unpaired) electrons. The van der Waals surface area contributed by atoms with Crippen molar-refractivity contribution in [2.45, 2.75) is 41.9 Å². The molecule has 1 spiro atoms. The zero-order valence-corrected chi connectivity index (χ0v) is 20.5. The van der Waals surface area contributed by atoms with Gasteiger partial charge in [0.25, 0.3) is 5.91 Å². The van der Waals surface area contributed by atoms with Gasteiger partial charge in [0.2, 0.25) is 0 Å². The van der Waals surface area contributed by atoms with Gasteiger partial charge >= 0.3 is 0 Å². The van der Waals surface area contributed by atoms with Gasteiger partial charge in [-0.15, -0.1) is 0 Å². The average molecular weight is 493 g/mol. The van der Waals surface area contributed by atoms with E-state index in [-0.39, 0.29) is 17.4 Å². The van der Waals surface area contributed by atoms with Gasteiger partial charge in [0.15, 0.2) is 15.4 Å². The van der Waals surface area contributed by atoms with E-state index in [0.29, 0.717) is 44.5 Å². The molecule has 6 rings (SSSR count). The molecule has 0 bridgehead atoms. The summed E-state index contributed by atoms with van der Waals surface area (Å²) in [4.78, 5) is 15.3. The van der Waals surface area contributed by atoms with Crippen molar-refractivity contribution in [1.82, 2.24) is 9.47 Å². The van der Waals surface area contributed by atoms with Gasteiger partial charge in [-0.3, -0.25) is 4.79 Å². The van der Waals surface area contributed by atoms with Crippen molar-refractivity contribution in [2.75, 3.05) is 26.3 Å². The topological polar surface area (TPSA) is 77.8 Å². The maximum atomic E-state index is 13.2. The Morgan fingerprint density at radius 1 is 1.00 bits per heavy atom. The highest BCUT2D eigenvalue weighted by atomic mass is 32.2. The van der Waals surface area contributed by atoms with E-state index in [9.17, 15) is 13.2 Å². The van der Waals surface area contributed by atoms with Crippen LogP contribution in [0, 0.1) is 6.92 Å². The lowest BCUT2D eigenvalue weighted by atomic mass is 9.86. The minimum absolute atomic E-state index is 0.0872. The fourth-order valence-electron chi connectivity index (χ4n) is 5.55. The van der Waals surface area contributed by atoms with Crippen LogP contribution in [0.2, 0.25) is 0 Å². The van der Waals surface area contributed by atoms with Gasteiger partial charge in [0.05, 0.1) is 28.1 Å². The maximum Gasteiger partial charge on any atom is 0.253 e. The third kappa shape index (κ3) is 3.58. The first-order valence-corrected chi connectivity index (χ1v) is 13.6. The number of carbonyl (C=O) groups excluding carboxylic acids is 1. The molecule has 2 fully saturated rings. The van der Waals surface area contributed by atoms with Gasteiger partial charge in [-0.2, -0.15) is 0 Å². The Morgan fingerprint density at radius 2 is 1.74 bits per heavy atom. The molecule has 1 aromatic heterocycles. The number of carbonyl (C=O) groups is 1. The zero-order valence-electron chi connectivity index (χ0n) is 19.6. The fraction of sp³-hybridized carbons (Fsp3) is 0.370. The first-order chi connectivity index (χ1) is 16.9. The minimum Gasteiger partial charge on any atom is -0.479 e. The van der Waals surface area contributed by atoms with E-state index in [1.807, 2.05) is 23.1 Å². The number of ether oxygens (including phenoxy) is 2. The zero-order chi connectivity index (χ0) is 24.2. The van der Waals surface area contributed by atoms with Gasteiger partial charge in [-0.25, -0.2) is 8.42 Å². The van der Waals surface area contributed by atoms with Crippen LogP contribution < -0.4 is 4.74 Å². The number of aromatic nitrogens is 1. The second kappa shape index (κ2) is 8.24. The molecule has 3 aromatic rings. The third-order valence-electron chi connectivity index (χ3n) is 7.57. The molecule has 3 aliphatic heterocycles. The summed E-state index contributed by atoms with van der Waals surface area (Å²) in [5.41, 5.74) is 3.37. The number of hydrogen-bond donors (Lipinski definition) is 0. The van der Waals surface area contributed by atoms with Crippen molar-refractivity contribution in [3.05, 3.63) is 77.6 Å². The standard InChI is InChI=1S/C27H28N2O5S/c1-19-6-11-25-27(34-24-5-3-2-4-23(24)29(19)25)13-15-28(16-14-27)26(30)20-7-9-21(10-8-20)35(31,32)22-12-17-33-18-22/h2-11,22H,12-18H2,1H3/t22-/m0/s1. The van der Waals surface area contributed by atoms with E-state index in [2.05, 4.69) is 29.7 Å². The van der Waals surface area contributed by atoms with Gasteiger partial charge in [-0.05, 0) is 61.9 Å². The first kappa shape index (κ1) is 22.4. The quantitative estimate of drug-likeness (QED) is 0.555. The lowest BCUT2D eigenvalue weighted by Crippen LogP contribution is -2.50. The predicted molar refractivity (Wildman–Crippen MR) is 131 cm³/mol. The molecule has 7 nitrogen and oxygen atoms in total. The summed E-state index contributed by atoms with van der Waals surface area (Å²) in [5, 5.41) is -0.509. The Bertz CT molecular complexity index is 1380. The molecule has 182 valence electrons. The van der Waals surface area contributed by atoms with Crippen molar-refractivity contribution in [3.8, 4) is 11.4 Å². The molecule has 2 saturated heterocycles. The van der Waals surface area contributed by atoms with Crippen LogP contribution in [0.15, 0.2) is 65.6 Å². The SMILES string of the molecule is Cc1ccc2n1-c1ccccc1OC21CCN(C(=O)c2ccc(S(=O)(=O)[C@H]3CCOC3)cc2)CC1. The molecule has 0 saturated carbocycles. The van der Waals surface area contributed by atoms with Crippen LogP contribution in [0.1, 0.15) is 41.0 Å². The molecule has 1 amide bonds. The number of nitrogens with zero attached hydrogens (tertiary/aromatic N) is 2. The molecule has 4 heterocycles. The van der Waals surface area contributed by atoms with Crippen molar-refractivity contribution in [2.24, 2.45) is 0 Å². The highest BCUT2D eigenvalue weighted by molar-refractivity contribution is 7.92. The number of benzene rings is 2. The summed E-state index contributed by atoms with van der Waals surface area (Å²) in [7, 11) is -3.44. The Balaban J connectivity index is 1.20. The summed E-state index contributed by atoms with van der Waals surface area (Å²) >= 11 is 0. The van der Waals surface area contributed by atoms with E-state index in [4.69, 9.17) is 9.47 Å². The number of likely N-dealkylation sites (tertiary alicyclic amines) is 1. The predicted octanol–water partition coefficient (Wildman–Crippen LogP) is 3.87. The monoisotopic (exact) mass is 492 g/mol. The molecule has 1 atom stereocenters. The van der Waals surface area contributed by atoms with Crippen LogP contribution in [-0.4, -0.2) is 55.3 Å². The van der Waals surface area contributed by atoms with Crippen LogP contribution >= 0.6 is 0 Å². The molecule has 8 heteroatoms. The summed E-state index contributed by atoms with van der Waals surface area (Å²) in [6, 6.07) is 18.7. The number of aryl methyl sites for hydroxylation is 1. The molecule has 2 aromatic carbocycles. The van der Waals surface area contributed by atoms with E-state index in [0.717, 1.165) is 22.8 Å². The number of piperidine rings is 1. The minimum atomic E-state index is -3.44. The van der Waals surface area contributed by atoms with E-state index < -0.39 is 20.7 Å². The Labute approximate surface area is 205 Å². The summed E-state index contributed by atoms with van der Waals surface area (Å²) < 4.78 is 39.7. The highest BCUT2D eigenvalue weighted by Gasteiger charge is 2.45. The molecule has 35 heavy (non-hydrogen) atoms. The second-order valence-electron chi connectivity index (χ2n) is 9.61. The van der Waals surface area contributed by atoms with Gasteiger partial charge in [-0.1, -0.05) is 12.1 Å². The number of hydrogen-bond acceptors (Lipinski definition) is 5. The fourth-order valence-corrected chi connectivity index (χ4v) is 7.14. The van der Waals surface area contributed by atoms with Crippen LogP contribution in [0.25, 0.3) is 5.69 Å². The Morgan fingerprint density at radius 3 is 2.46 bits per heavy atom. The van der Waals surface area contributed by atoms with Crippen LogP contribution in [0.3, 0.4) is 0 Å². The van der Waals surface area contributed by atoms with Gasteiger partial charge < -0.3 is 18.9 Å². The average Bonchev–Trinajstić information content (AvgIpc) is 3.56. The maximum absolute atomic E-state index is 13.2. The second-order valence-corrected chi connectivity index (χ2v) is 11.8. The van der Waals surface area contributed by atoms with Crippen molar-refractivity contribution < 1.29 is 22.7 Å². The first-order valence-electron chi connectivity index (χ1n) is 12.1. The van der Waals surface area contributed by atoms with Crippen LogP contribution in [0.4, 0.5) is 0 Å². The Kier molecular flexibility index (Phi) is 5.27. The van der Waals surface area contributed by atoms with E-state index in [1.165, 1.54) is 0 Å². The molecule has 0 aliphatic carbocycles.